The Morgan fingerprint density at radius 1 is 0.636 bits per heavy atom. The molecule has 2 aliphatic carbocycles. The smallest absolute Gasteiger partial charge is 0.490 e. The van der Waals surface area contributed by atoms with Gasteiger partial charge >= 0.3 is 19.3 Å². The van der Waals surface area contributed by atoms with Crippen molar-refractivity contribution in [2.24, 2.45) is 11.8 Å². The second-order valence-electron chi connectivity index (χ2n) is 21.8. The zero-order valence-corrected chi connectivity index (χ0v) is 44.1. The van der Waals surface area contributed by atoms with E-state index >= 15 is 0 Å². The fraction of sp³-hybridized carbons (Fsp3) is 0.667. The van der Waals surface area contributed by atoms with E-state index in [1.165, 1.54) is 75.3 Å². The number of nitrogens with zero attached hydrogens (tertiary/aromatic N) is 2. The highest BCUT2D eigenvalue weighted by molar-refractivity contribution is 9.10. The summed E-state index contributed by atoms with van der Waals surface area (Å²) in [7, 11) is -0.314. The summed E-state index contributed by atoms with van der Waals surface area (Å²) >= 11 is 3.43. The first-order valence-electron chi connectivity index (χ1n) is 24.9. The van der Waals surface area contributed by atoms with Crippen LogP contribution in [0, 0.1) is 11.8 Å². The highest BCUT2D eigenvalue weighted by Gasteiger charge is 2.52. The van der Waals surface area contributed by atoms with Crippen LogP contribution in [0.1, 0.15) is 166 Å². The van der Waals surface area contributed by atoms with Crippen LogP contribution in [-0.2, 0) is 18.8 Å². The maximum absolute atomic E-state index is 12.2. The molecule has 12 heteroatoms. The molecule has 0 atom stereocenters. The maximum atomic E-state index is 12.2. The van der Waals surface area contributed by atoms with Crippen LogP contribution in [0.2, 0.25) is 0 Å². The molecule has 2 aromatic carbocycles. The van der Waals surface area contributed by atoms with Crippen LogP contribution < -0.4 is 9.47 Å². The lowest BCUT2D eigenvalue weighted by Gasteiger charge is -2.32. The Bertz CT molecular complexity index is 1890. The van der Waals surface area contributed by atoms with Crippen LogP contribution in [0.5, 0.6) is 11.5 Å². The summed E-state index contributed by atoms with van der Waals surface area (Å²) in [6.45, 7) is 26.5. The van der Waals surface area contributed by atoms with Crippen LogP contribution >= 0.6 is 15.9 Å². The monoisotopic (exact) mass is 977 g/mol. The lowest BCUT2D eigenvalue weighted by atomic mass is 9.75. The second-order valence-corrected chi connectivity index (χ2v) is 22.7. The number of amides is 2. The quantitative estimate of drug-likeness (QED) is 0.241. The third-order valence-electron chi connectivity index (χ3n) is 13.7. The van der Waals surface area contributed by atoms with E-state index in [9.17, 15) is 9.59 Å². The molecule has 0 aromatic heterocycles. The summed E-state index contributed by atoms with van der Waals surface area (Å²) in [5, 5.41) is 0. The molecule has 3 fully saturated rings. The minimum atomic E-state index is -0.465. The van der Waals surface area contributed by atoms with Gasteiger partial charge in [0.1, 0.15) is 22.7 Å². The molecular weight excluding hydrogens is 895 g/mol. The van der Waals surface area contributed by atoms with E-state index in [2.05, 4.69) is 60.1 Å². The van der Waals surface area contributed by atoms with Gasteiger partial charge in [0.2, 0.25) is 0 Å². The number of hydrogen-bond donors (Lipinski definition) is 0. The van der Waals surface area contributed by atoms with Crippen molar-refractivity contribution in [1.29, 1.82) is 0 Å². The van der Waals surface area contributed by atoms with Crippen LogP contribution in [-0.4, -0.2) is 89.9 Å². The number of hydrogen-bond acceptors (Lipinski definition) is 8. The molecule has 7 rings (SSSR count). The SMILES string of the molecule is CC(C)(C)OC(=O)N1CC=C(B2OC(C)(C)C(C)(C)O2)CC1.CCC1CCC(Oc2ccc(Br)cc2)CC1.CCC1CCC(Oc2ccc(C3=CCN(C(=O)OC(C)(C)C)CC3)cc2)CC1. The standard InChI is InChI=1S/C24H35NO3.C16H28BNO4.C14H19BrO/c1-5-18-6-10-21(11-7-18)27-22-12-8-19(9-13-22)20-14-16-25(17-15-20)23(26)28-24(2,3)4;1-14(2,3)20-13(19)18-10-8-12(9-11-18)17-21-15(4,5)16(6,7)22-17;1-2-11-3-7-13(8-4-11)16-14-9-5-12(15)6-10-14/h8-9,12-14,18,21H,5-7,10-11,15-17H2,1-4H3;8H,9-11H2,1-7H3;5-6,9-11,13H,2-4,7-8H2,1H3. The molecule has 366 valence electrons. The Kier molecular flexibility index (Phi) is 19.2. The van der Waals surface area contributed by atoms with Gasteiger partial charge in [-0.25, -0.2) is 9.59 Å². The Balaban J connectivity index is 0.000000193. The number of carbonyl (C=O) groups is 2. The van der Waals surface area contributed by atoms with Crippen molar-refractivity contribution in [3.05, 3.63) is 76.2 Å². The number of rotatable bonds is 8. The van der Waals surface area contributed by atoms with Gasteiger partial charge in [0, 0.05) is 30.7 Å². The summed E-state index contributed by atoms with van der Waals surface area (Å²) in [6.07, 6.45) is 18.7. The minimum absolute atomic E-state index is 0.232. The number of halogens is 1. The fourth-order valence-electron chi connectivity index (χ4n) is 8.77. The molecule has 5 aliphatic rings. The fourth-order valence-corrected chi connectivity index (χ4v) is 9.04. The van der Waals surface area contributed by atoms with Crippen molar-refractivity contribution in [3.8, 4) is 11.5 Å². The summed E-state index contributed by atoms with van der Waals surface area (Å²) < 4.78 is 36.3. The van der Waals surface area contributed by atoms with Gasteiger partial charge in [0.15, 0.2) is 0 Å². The largest absolute Gasteiger partial charge is 0.490 e. The van der Waals surface area contributed by atoms with Crippen LogP contribution in [0.15, 0.2) is 70.6 Å². The van der Waals surface area contributed by atoms with Gasteiger partial charge in [-0.05, 0) is 198 Å². The summed E-state index contributed by atoms with van der Waals surface area (Å²) in [4.78, 5) is 27.7. The Labute approximate surface area is 407 Å². The zero-order chi connectivity index (χ0) is 48.3. The summed E-state index contributed by atoms with van der Waals surface area (Å²) in [5.41, 5.74) is 2.03. The molecular formula is C54H82BBrN2O8. The van der Waals surface area contributed by atoms with Gasteiger partial charge in [-0.2, -0.15) is 0 Å². The predicted molar refractivity (Wildman–Crippen MR) is 271 cm³/mol. The van der Waals surface area contributed by atoms with E-state index in [-0.39, 0.29) is 30.5 Å². The van der Waals surface area contributed by atoms with Crippen molar-refractivity contribution >= 4 is 40.8 Å². The zero-order valence-electron chi connectivity index (χ0n) is 42.5. The average Bonchev–Trinajstić information content (AvgIpc) is 3.50. The highest BCUT2D eigenvalue weighted by atomic mass is 79.9. The van der Waals surface area contributed by atoms with Gasteiger partial charge in [0.05, 0.1) is 23.4 Å². The van der Waals surface area contributed by atoms with Crippen molar-refractivity contribution < 1.29 is 37.8 Å². The van der Waals surface area contributed by atoms with Gasteiger partial charge in [-0.1, -0.05) is 66.9 Å². The van der Waals surface area contributed by atoms with Crippen molar-refractivity contribution in [2.75, 3.05) is 26.2 Å². The van der Waals surface area contributed by atoms with E-state index < -0.39 is 11.2 Å². The first-order valence-corrected chi connectivity index (χ1v) is 25.7. The summed E-state index contributed by atoms with van der Waals surface area (Å²) in [5.74, 6) is 3.80. The maximum Gasteiger partial charge on any atom is 0.490 e. The van der Waals surface area contributed by atoms with Crippen LogP contribution in [0.4, 0.5) is 9.59 Å². The molecule has 2 aromatic rings. The molecule has 0 spiro atoms. The van der Waals surface area contributed by atoms with Crippen molar-refractivity contribution in [3.63, 3.8) is 0 Å². The Morgan fingerprint density at radius 2 is 1.05 bits per heavy atom. The molecule has 2 saturated carbocycles. The normalized spacial score (nSPS) is 24.0. The van der Waals surface area contributed by atoms with E-state index in [1.807, 2.05) is 99.6 Å². The topological polar surface area (TPSA) is 96.0 Å². The lowest BCUT2D eigenvalue weighted by Crippen LogP contribution is -2.41. The molecule has 0 unspecified atom stereocenters. The van der Waals surface area contributed by atoms with E-state index in [0.29, 0.717) is 38.4 Å². The molecule has 3 heterocycles. The molecule has 10 nitrogen and oxygen atoms in total. The van der Waals surface area contributed by atoms with Crippen molar-refractivity contribution in [2.45, 2.75) is 195 Å². The summed E-state index contributed by atoms with van der Waals surface area (Å²) in [6, 6.07) is 16.6. The average molecular weight is 978 g/mol. The minimum Gasteiger partial charge on any atom is -0.490 e. The Hall–Kier alpha value is -3.48. The van der Waals surface area contributed by atoms with Crippen LogP contribution in [0.25, 0.3) is 5.57 Å². The third kappa shape index (κ3) is 16.6. The first-order chi connectivity index (χ1) is 31.0. The van der Waals surface area contributed by atoms with Crippen molar-refractivity contribution in [1.82, 2.24) is 9.80 Å². The van der Waals surface area contributed by atoms with E-state index in [4.69, 9.17) is 28.3 Å². The highest BCUT2D eigenvalue weighted by Crippen LogP contribution is 2.40. The number of ether oxygens (including phenoxy) is 4. The first kappa shape index (κ1) is 53.5. The lowest BCUT2D eigenvalue weighted by molar-refractivity contribution is 0.00578. The number of benzene rings is 2. The molecule has 1 saturated heterocycles. The molecule has 0 bridgehead atoms. The van der Waals surface area contributed by atoms with Gasteiger partial charge in [-0.3, -0.25) is 0 Å². The van der Waals surface area contributed by atoms with Gasteiger partial charge < -0.3 is 38.1 Å². The van der Waals surface area contributed by atoms with E-state index in [0.717, 1.165) is 46.1 Å². The predicted octanol–water partition coefficient (Wildman–Crippen LogP) is 14.0. The van der Waals surface area contributed by atoms with E-state index in [1.54, 1.807) is 9.80 Å². The molecule has 0 radical (unpaired) electrons. The molecule has 0 N–H and O–H groups in total. The van der Waals surface area contributed by atoms with Gasteiger partial charge in [-0.15, -0.1) is 0 Å². The third-order valence-corrected chi connectivity index (χ3v) is 14.2. The van der Waals surface area contributed by atoms with Crippen LogP contribution in [0.3, 0.4) is 0 Å². The Morgan fingerprint density at radius 3 is 1.41 bits per heavy atom. The molecule has 66 heavy (non-hydrogen) atoms. The molecule has 2 amide bonds. The second kappa shape index (κ2) is 23.7. The van der Waals surface area contributed by atoms with Gasteiger partial charge in [0.25, 0.3) is 0 Å². The molecule has 3 aliphatic heterocycles. The number of carbonyl (C=O) groups excluding carboxylic acids is 2.